The first-order valence-corrected chi connectivity index (χ1v) is 14.9. The summed E-state index contributed by atoms with van der Waals surface area (Å²) in [6, 6.07) is 16.9. The van der Waals surface area contributed by atoms with Gasteiger partial charge in [0, 0.05) is 19.0 Å². The number of benzene rings is 2. The van der Waals surface area contributed by atoms with Crippen LogP contribution in [0.2, 0.25) is 18.1 Å². The molecule has 3 aromatic rings. The van der Waals surface area contributed by atoms with E-state index < -0.39 is 8.32 Å². The van der Waals surface area contributed by atoms with Crippen LogP contribution >= 0.6 is 0 Å². The smallest absolute Gasteiger partial charge is 0.192 e. The second-order valence-corrected chi connectivity index (χ2v) is 15.1. The van der Waals surface area contributed by atoms with Gasteiger partial charge in [-0.2, -0.15) is 0 Å². The molecule has 5 heteroatoms. The van der Waals surface area contributed by atoms with Crippen molar-refractivity contribution in [3.05, 3.63) is 72.1 Å². The van der Waals surface area contributed by atoms with Crippen LogP contribution in [0.3, 0.4) is 0 Å². The summed E-state index contributed by atoms with van der Waals surface area (Å²) in [5.74, 6) is 0.871. The monoisotopic (exact) mass is 465 g/mol. The molecule has 0 radical (unpaired) electrons. The minimum absolute atomic E-state index is 0.0302. The lowest BCUT2D eigenvalue weighted by Gasteiger charge is -2.39. The summed E-state index contributed by atoms with van der Waals surface area (Å²) in [5.41, 5.74) is 2.48. The van der Waals surface area contributed by atoms with Crippen molar-refractivity contribution in [2.45, 2.75) is 70.7 Å². The Morgan fingerprint density at radius 1 is 0.970 bits per heavy atom. The Morgan fingerprint density at radius 3 is 2.42 bits per heavy atom. The number of aromatic nitrogens is 1. The summed E-state index contributed by atoms with van der Waals surface area (Å²) in [6.45, 7) is 12.2. The standard InChI is InChI=1S/C28H39NO3Si/c1-28(2,3)33(4,5)32-27(14-11-23-8-6-16-29-20-23)21-31-26-15-13-24-18-22(9-7-17-30)10-12-25(24)19-26/h6,8,10,12-13,15-16,18-20,27,30H,7,9,11,14,17,21H2,1-5H3/t27-/m1/s1. The summed E-state index contributed by atoms with van der Waals surface area (Å²) in [7, 11) is -1.92. The van der Waals surface area contributed by atoms with Gasteiger partial charge < -0.3 is 14.3 Å². The molecular weight excluding hydrogens is 426 g/mol. The van der Waals surface area contributed by atoms with E-state index in [2.05, 4.69) is 75.2 Å². The molecule has 0 bridgehead atoms. The molecule has 0 aliphatic heterocycles. The van der Waals surface area contributed by atoms with Gasteiger partial charge >= 0.3 is 0 Å². The molecule has 0 saturated carbocycles. The number of hydrogen-bond acceptors (Lipinski definition) is 4. The van der Waals surface area contributed by atoms with Gasteiger partial charge in [0.2, 0.25) is 0 Å². The van der Waals surface area contributed by atoms with E-state index in [9.17, 15) is 0 Å². The van der Waals surface area contributed by atoms with Crippen molar-refractivity contribution in [3.8, 4) is 5.75 Å². The molecule has 0 aliphatic rings. The summed E-state index contributed by atoms with van der Waals surface area (Å²) >= 11 is 0. The lowest BCUT2D eigenvalue weighted by atomic mass is 10.0. The van der Waals surface area contributed by atoms with Crippen molar-refractivity contribution < 1.29 is 14.3 Å². The predicted molar refractivity (Wildman–Crippen MR) is 139 cm³/mol. The van der Waals surface area contributed by atoms with Crippen LogP contribution in [0.25, 0.3) is 10.8 Å². The van der Waals surface area contributed by atoms with Crippen LogP contribution in [-0.4, -0.2) is 37.7 Å². The number of aliphatic hydroxyl groups is 1. The van der Waals surface area contributed by atoms with Crippen LogP contribution in [0.1, 0.15) is 44.7 Å². The number of pyridine rings is 1. The number of aryl methyl sites for hydroxylation is 2. The zero-order valence-corrected chi connectivity index (χ0v) is 21.8. The molecule has 0 unspecified atom stereocenters. The minimum Gasteiger partial charge on any atom is -0.491 e. The predicted octanol–water partition coefficient (Wildman–Crippen LogP) is 6.56. The lowest BCUT2D eigenvalue weighted by molar-refractivity contribution is 0.108. The van der Waals surface area contributed by atoms with Crippen molar-refractivity contribution in [3.63, 3.8) is 0 Å². The number of rotatable bonds is 11. The average Bonchev–Trinajstić information content (AvgIpc) is 2.79. The van der Waals surface area contributed by atoms with Crippen molar-refractivity contribution in [2.75, 3.05) is 13.2 Å². The Morgan fingerprint density at radius 2 is 1.73 bits per heavy atom. The molecule has 2 aromatic carbocycles. The number of aliphatic hydroxyl groups excluding tert-OH is 1. The summed E-state index contributed by atoms with van der Waals surface area (Å²) in [6.07, 6.45) is 7.29. The Labute approximate surface area is 200 Å². The van der Waals surface area contributed by atoms with Gasteiger partial charge in [-0.1, -0.05) is 51.1 Å². The molecule has 1 atom stereocenters. The molecule has 0 amide bonds. The summed E-state index contributed by atoms with van der Waals surface area (Å²) in [5, 5.41) is 11.6. The molecule has 1 heterocycles. The second kappa shape index (κ2) is 11.3. The van der Waals surface area contributed by atoms with E-state index in [-0.39, 0.29) is 17.7 Å². The normalized spacial score (nSPS) is 13.3. The molecule has 0 saturated heterocycles. The minimum atomic E-state index is -1.92. The number of ether oxygens (including phenoxy) is 1. The number of nitrogens with zero attached hydrogens (tertiary/aromatic N) is 1. The zero-order chi connectivity index (χ0) is 23.9. The number of fused-ring (bicyclic) bond motifs is 1. The maximum absolute atomic E-state index is 9.07. The van der Waals surface area contributed by atoms with Gasteiger partial charge in [0.1, 0.15) is 12.4 Å². The molecule has 0 spiro atoms. The van der Waals surface area contributed by atoms with Crippen molar-refractivity contribution in [2.24, 2.45) is 0 Å². The lowest BCUT2D eigenvalue weighted by Crippen LogP contribution is -2.45. The molecule has 0 fully saturated rings. The fourth-order valence-electron chi connectivity index (χ4n) is 3.63. The highest BCUT2D eigenvalue weighted by Crippen LogP contribution is 2.38. The zero-order valence-electron chi connectivity index (χ0n) is 20.8. The van der Waals surface area contributed by atoms with Crippen LogP contribution < -0.4 is 4.74 Å². The Bertz CT molecular complexity index is 1010. The van der Waals surface area contributed by atoms with E-state index in [1.165, 1.54) is 16.5 Å². The quantitative estimate of drug-likeness (QED) is 0.326. The van der Waals surface area contributed by atoms with Crippen molar-refractivity contribution >= 4 is 19.1 Å². The van der Waals surface area contributed by atoms with Gasteiger partial charge in [-0.3, -0.25) is 4.98 Å². The Kier molecular flexibility index (Phi) is 8.68. The maximum Gasteiger partial charge on any atom is 0.192 e. The highest BCUT2D eigenvalue weighted by atomic mass is 28.4. The van der Waals surface area contributed by atoms with Crippen LogP contribution in [0.5, 0.6) is 5.75 Å². The molecule has 1 N–H and O–H groups in total. The maximum atomic E-state index is 9.07. The fraction of sp³-hybridized carbons (Fsp3) is 0.464. The number of hydrogen-bond donors (Lipinski definition) is 1. The highest BCUT2D eigenvalue weighted by molar-refractivity contribution is 6.74. The molecule has 0 aliphatic carbocycles. The van der Waals surface area contributed by atoms with Crippen LogP contribution in [0.4, 0.5) is 0 Å². The third-order valence-corrected chi connectivity index (χ3v) is 11.2. The average molecular weight is 466 g/mol. The topological polar surface area (TPSA) is 51.6 Å². The van der Waals surface area contributed by atoms with E-state index >= 15 is 0 Å². The third-order valence-electron chi connectivity index (χ3n) is 6.68. The van der Waals surface area contributed by atoms with Crippen LogP contribution in [-0.2, 0) is 17.3 Å². The van der Waals surface area contributed by atoms with E-state index in [1.807, 2.05) is 24.5 Å². The van der Waals surface area contributed by atoms with Crippen molar-refractivity contribution in [1.29, 1.82) is 0 Å². The molecule has 178 valence electrons. The van der Waals surface area contributed by atoms with Gasteiger partial charge in [-0.15, -0.1) is 0 Å². The van der Waals surface area contributed by atoms with Gasteiger partial charge in [0.15, 0.2) is 8.32 Å². The van der Waals surface area contributed by atoms with Crippen LogP contribution in [0.15, 0.2) is 60.9 Å². The van der Waals surface area contributed by atoms with Crippen molar-refractivity contribution in [1.82, 2.24) is 4.98 Å². The van der Waals surface area contributed by atoms with E-state index in [0.717, 1.165) is 36.8 Å². The first-order valence-electron chi connectivity index (χ1n) is 12.0. The third kappa shape index (κ3) is 7.39. The second-order valence-electron chi connectivity index (χ2n) is 10.4. The molecule has 3 rings (SSSR count). The summed E-state index contributed by atoms with van der Waals surface area (Å²) in [4.78, 5) is 4.25. The highest BCUT2D eigenvalue weighted by Gasteiger charge is 2.39. The first kappa shape index (κ1) is 25.4. The van der Waals surface area contributed by atoms with E-state index in [4.69, 9.17) is 14.3 Å². The van der Waals surface area contributed by atoms with Gasteiger partial charge in [0.25, 0.3) is 0 Å². The molecular formula is C28H39NO3Si. The van der Waals surface area contributed by atoms with Crippen LogP contribution in [0, 0.1) is 0 Å². The Balaban J connectivity index is 1.69. The van der Waals surface area contributed by atoms with E-state index in [0.29, 0.717) is 6.61 Å². The van der Waals surface area contributed by atoms with Gasteiger partial charge in [-0.05, 0) is 83.9 Å². The molecule has 33 heavy (non-hydrogen) atoms. The van der Waals surface area contributed by atoms with Gasteiger partial charge in [-0.25, -0.2) is 0 Å². The molecule has 4 nitrogen and oxygen atoms in total. The SMILES string of the molecule is CC(C)(C)[Si](C)(C)O[C@H](CCc1cccnc1)COc1ccc2cc(CCCO)ccc2c1. The Hall–Kier alpha value is -2.21. The van der Waals surface area contributed by atoms with E-state index in [1.54, 1.807) is 0 Å². The van der Waals surface area contributed by atoms with Gasteiger partial charge in [0.05, 0.1) is 6.10 Å². The summed E-state index contributed by atoms with van der Waals surface area (Å²) < 4.78 is 13.0. The first-order chi connectivity index (χ1) is 15.7. The molecule has 1 aromatic heterocycles. The largest absolute Gasteiger partial charge is 0.491 e. The fourth-order valence-corrected chi connectivity index (χ4v) is 5.01.